The van der Waals surface area contributed by atoms with Gasteiger partial charge in [0.15, 0.2) is 0 Å². The maximum atomic E-state index is 5.40. The van der Waals surface area contributed by atoms with Gasteiger partial charge in [0.1, 0.15) is 0 Å². The molecule has 0 radical (unpaired) electrons. The van der Waals surface area contributed by atoms with Crippen molar-refractivity contribution in [1.82, 2.24) is 4.90 Å². The Labute approximate surface area is 94.3 Å². The van der Waals surface area contributed by atoms with Crippen molar-refractivity contribution in [3.8, 4) is 0 Å². The molecule has 6 heteroatoms. The number of hydrogen-bond donors (Lipinski definition) is 0. The fourth-order valence-electron chi connectivity index (χ4n) is 1.59. The lowest BCUT2D eigenvalue weighted by molar-refractivity contribution is 0.0864. The molecule has 0 aliphatic rings. The van der Waals surface area contributed by atoms with E-state index >= 15 is 0 Å². The summed E-state index contributed by atoms with van der Waals surface area (Å²) in [6.07, 6.45) is 0.953. The molecule has 0 rings (SSSR count). The van der Waals surface area contributed by atoms with Crippen LogP contribution in [0.4, 0.5) is 0 Å². The van der Waals surface area contributed by atoms with Gasteiger partial charge >= 0.3 is 8.80 Å². The first-order chi connectivity index (χ1) is 6.07. The Hall–Kier alpha value is 0.347. The summed E-state index contributed by atoms with van der Waals surface area (Å²) in [7, 11) is 6.46. The normalized spacial score (nSPS) is 13.9. The van der Waals surface area contributed by atoms with Gasteiger partial charge in [-0.1, -0.05) is 6.92 Å². The maximum absolute atomic E-state index is 5.40. The predicted octanol–water partition coefficient (Wildman–Crippen LogP) is 1.17. The standard InChI is InChI=1S/C8H21NO3Si.ClH/c1-7-8(9(2)3)13(10-4,11-5)12-6;/h8H,7H2,1-6H3;1H. The van der Waals surface area contributed by atoms with Crippen LogP contribution < -0.4 is 0 Å². The molecule has 0 aromatic heterocycles. The fraction of sp³-hybridized carbons (Fsp3) is 1.00. The van der Waals surface area contributed by atoms with Gasteiger partial charge in [0.05, 0.1) is 5.67 Å². The number of nitrogens with zero attached hydrogens (tertiary/aromatic N) is 1. The van der Waals surface area contributed by atoms with Crippen LogP contribution in [0.15, 0.2) is 0 Å². The van der Waals surface area contributed by atoms with Gasteiger partial charge < -0.3 is 18.2 Å². The van der Waals surface area contributed by atoms with Crippen LogP contribution in [0.3, 0.4) is 0 Å². The SMILES string of the molecule is CCC(N(C)C)[Si](OC)(OC)OC.Cl. The molecule has 0 aliphatic carbocycles. The van der Waals surface area contributed by atoms with E-state index < -0.39 is 8.80 Å². The molecular formula is C8H22ClNO3Si. The van der Waals surface area contributed by atoms with Gasteiger partial charge in [-0.05, 0) is 20.5 Å². The Morgan fingerprint density at radius 2 is 1.43 bits per heavy atom. The zero-order valence-electron chi connectivity index (χ0n) is 9.86. The van der Waals surface area contributed by atoms with Gasteiger partial charge in [0.25, 0.3) is 0 Å². The molecule has 0 bridgehead atoms. The van der Waals surface area contributed by atoms with E-state index in [2.05, 4.69) is 11.8 Å². The van der Waals surface area contributed by atoms with Crippen LogP contribution in [0.1, 0.15) is 13.3 Å². The third-order valence-corrected chi connectivity index (χ3v) is 5.72. The second-order valence-electron chi connectivity index (χ2n) is 3.10. The van der Waals surface area contributed by atoms with Gasteiger partial charge in [0.2, 0.25) is 0 Å². The van der Waals surface area contributed by atoms with Crippen molar-refractivity contribution in [2.45, 2.75) is 19.0 Å². The third kappa shape index (κ3) is 3.49. The molecule has 0 fully saturated rings. The molecule has 0 saturated carbocycles. The van der Waals surface area contributed by atoms with E-state index in [0.29, 0.717) is 0 Å². The smallest absolute Gasteiger partial charge is 0.376 e. The summed E-state index contributed by atoms with van der Waals surface area (Å²) >= 11 is 0. The minimum atomic E-state index is -2.48. The average Bonchev–Trinajstić information content (AvgIpc) is 2.13. The summed E-state index contributed by atoms with van der Waals surface area (Å²) in [4.78, 5) is 2.09. The quantitative estimate of drug-likeness (QED) is 0.656. The summed E-state index contributed by atoms with van der Waals surface area (Å²) in [5.74, 6) is 0. The highest BCUT2D eigenvalue weighted by Gasteiger charge is 2.47. The van der Waals surface area contributed by atoms with Gasteiger partial charge in [-0.2, -0.15) is 0 Å². The zero-order valence-corrected chi connectivity index (χ0v) is 11.7. The number of rotatable bonds is 6. The summed E-state index contributed by atoms with van der Waals surface area (Å²) in [6.45, 7) is 2.10. The lowest BCUT2D eigenvalue weighted by Crippen LogP contribution is -2.59. The van der Waals surface area contributed by atoms with Gasteiger partial charge in [-0.15, -0.1) is 12.4 Å². The van der Waals surface area contributed by atoms with E-state index in [-0.39, 0.29) is 18.1 Å². The van der Waals surface area contributed by atoms with E-state index in [4.69, 9.17) is 13.3 Å². The molecule has 0 spiro atoms. The van der Waals surface area contributed by atoms with Crippen LogP contribution in [-0.2, 0) is 13.3 Å². The van der Waals surface area contributed by atoms with E-state index in [1.807, 2.05) is 14.1 Å². The molecule has 1 atom stereocenters. The van der Waals surface area contributed by atoms with Crippen molar-refractivity contribution in [3.05, 3.63) is 0 Å². The number of hydrogen-bond acceptors (Lipinski definition) is 4. The highest BCUT2D eigenvalue weighted by Crippen LogP contribution is 2.18. The first kappa shape index (κ1) is 16.8. The lowest BCUT2D eigenvalue weighted by Gasteiger charge is -2.35. The van der Waals surface area contributed by atoms with Crippen molar-refractivity contribution in [1.29, 1.82) is 0 Å². The minimum absolute atomic E-state index is 0. The highest BCUT2D eigenvalue weighted by molar-refractivity contribution is 6.62. The Balaban J connectivity index is 0. The van der Waals surface area contributed by atoms with Crippen LogP contribution in [0.5, 0.6) is 0 Å². The Morgan fingerprint density at radius 3 is 1.50 bits per heavy atom. The van der Waals surface area contributed by atoms with Crippen LogP contribution >= 0.6 is 12.4 Å². The number of halogens is 1. The van der Waals surface area contributed by atoms with E-state index in [9.17, 15) is 0 Å². The second kappa shape index (κ2) is 7.61. The van der Waals surface area contributed by atoms with Crippen LogP contribution in [0.25, 0.3) is 0 Å². The molecule has 0 amide bonds. The molecule has 0 aromatic carbocycles. The first-order valence-electron chi connectivity index (χ1n) is 4.39. The molecule has 0 heterocycles. The second-order valence-corrected chi connectivity index (χ2v) is 6.20. The van der Waals surface area contributed by atoms with Crippen molar-refractivity contribution in [3.63, 3.8) is 0 Å². The summed E-state index contributed by atoms with van der Waals surface area (Å²) in [5, 5.41) is 0. The molecule has 14 heavy (non-hydrogen) atoms. The Bertz CT molecular complexity index is 136. The molecule has 4 nitrogen and oxygen atoms in total. The molecule has 0 aliphatic heterocycles. The molecule has 0 aromatic rings. The van der Waals surface area contributed by atoms with E-state index in [1.165, 1.54) is 0 Å². The third-order valence-electron chi connectivity index (χ3n) is 2.27. The maximum Gasteiger partial charge on any atom is 0.518 e. The highest BCUT2D eigenvalue weighted by atomic mass is 35.5. The zero-order chi connectivity index (χ0) is 10.5. The summed E-state index contributed by atoms with van der Waals surface area (Å²) < 4.78 is 16.2. The summed E-state index contributed by atoms with van der Waals surface area (Å²) in [5.41, 5.74) is 0.215. The monoisotopic (exact) mass is 243 g/mol. The summed E-state index contributed by atoms with van der Waals surface area (Å²) in [6, 6.07) is 0. The van der Waals surface area contributed by atoms with Gasteiger partial charge in [0, 0.05) is 21.3 Å². The van der Waals surface area contributed by atoms with Crippen molar-refractivity contribution >= 4 is 21.2 Å². The molecule has 0 saturated heterocycles. The molecule has 0 N–H and O–H groups in total. The van der Waals surface area contributed by atoms with Gasteiger partial charge in [-0.25, -0.2) is 0 Å². The van der Waals surface area contributed by atoms with Crippen molar-refractivity contribution in [2.75, 3.05) is 35.4 Å². The molecule has 88 valence electrons. The van der Waals surface area contributed by atoms with Gasteiger partial charge in [-0.3, -0.25) is 0 Å². The van der Waals surface area contributed by atoms with Crippen molar-refractivity contribution in [2.24, 2.45) is 0 Å². The topological polar surface area (TPSA) is 30.9 Å². The van der Waals surface area contributed by atoms with Crippen LogP contribution in [0, 0.1) is 0 Å². The largest absolute Gasteiger partial charge is 0.518 e. The fourth-order valence-corrected chi connectivity index (χ4v) is 4.04. The predicted molar refractivity (Wildman–Crippen MR) is 61.8 cm³/mol. The van der Waals surface area contributed by atoms with E-state index in [1.54, 1.807) is 21.3 Å². The first-order valence-corrected chi connectivity index (χ1v) is 6.20. The molecular weight excluding hydrogens is 222 g/mol. The average molecular weight is 244 g/mol. The van der Waals surface area contributed by atoms with E-state index in [0.717, 1.165) is 6.42 Å². The Morgan fingerprint density at radius 1 is 1.07 bits per heavy atom. The van der Waals surface area contributed by atoms with Crippen molar-refractivity contribution < 1.29 is 13.3 Å². The van der Waals surface area contributed by atoms with Crippen LogP contribution in [0.2, 0.25) is 0 Å². The lowest BCUT2D eigenvalue weighted by atomic mass is 10.4. The van der Waals surface area contributed by atoms with Crippen LogP contribution in [-0.4, -0.2) is 54.8 Å². The minimum Gasteiger partial charge on any atom is -0.376 e. The Kier molecular flexibility index (Phi) is 9.12. The molecule has 1 unspecified atom stereocenters.